The van der Waals surface area contributed by atoms with E-state index in [1.54, 1.807) is 20.8 Å². The molecule has 182 valence electrons. The number of phenols is 2. The van der Waals surface area contributed by atoms with E-state index in [0.29, 0.717) is 6.29 Å². The average molecular weight is 478 g/mol. The molecule has 0 saturated carbocycles. The van der Waals surface area contributed by atoms with Crippen LogP contribution >= 0.6 is 0 Å². The number of ketones is 1. The highest BCUT2D eigenvalue weighted by Crippen LogP contribution is 2.34. The third kappa shape index (κ3) is 6.77. The van der Waals surface area contributed by atoms with Crippen LogP contribution in [-0.2, 0) is 14.4 Å². The predicted molar refractivity (Wildman–Crippen MR) is 130 cm³/mol. The third-order valence-electron chi connectivity index (χ3n) is 4.64. The van der Waals surface area contributed by atoms with E-state index < -0.39 is 23.1 Å². The minimum absolute atomic E-state index is 0.0188. The molecule has 0 bridgehead atoms. The van der Waals surface area contributed by atoms with Crippen molar-refractivity contribution < 1.29 is 38.9 Å². The van der Waals surface area contributed by atoms with Gasteiger partial charge in [-0.25, -0.2) is 4.79 Å². The second-order valence-corrected chi connectivity index (χ2v) is 8.74. The van der Waals surface area contributed by atoms with E-state index in [0.717, 1.165) is 6.08 Å². The lowest BCUT2D eigenvalue weighted by atomic mass is 9.97. The molecule has 2 aromatic rings. The molecule has 8 nitrogen and oxygen atoms in total. The lowest BCUT2D eigenvalue weighted by Gasteiger charge is -2.18. The van der Waals surface area contributed by atoms with Gasteiger partial charge in [0.15, 0.2) is 5.78 Å². The van der Waals surface area contributed by atoms with Crippen molar-refractivity contribution in [2.24, 2.45) is 5.41 Å². The molecular formula is C27H26O8. The number of allylic oxidation sites excluding steroid dienone is 2. The van der Waals surface area contributed by atoms with Crippen molar-refractivity contribution in [3.63, 3.8) is 0 Å². The van der Waals surface area contributed by atoms with E-state index in [1.165, 1.54) is 43.3 Å². The summed E-state index contributed by atoms with van der Waals surface area (Å²) < 4.78 is 10.5. The van der Waals surface area contributed by atoms with Crippen LogP contribution in [0.4, 0.5) is 0 Å². The number of esters is 2. The molecule has 0 amide bonds. The highest BCUT2D eigenvalue weighted by molar-refractivity contribution is 6.10. The summed E-state index contributed by atoms with van der Waals surface area (Å²) >= 11 is 0. The number of rotatable bonds is 8. The van der Waals surface area contributed by atoms with E-state index in [2.05, 4.69) is 13.2 Å². The predicted octanol–water partition coefficient (Wildman–Crippen LogP) is 4.64. The Morgan fingerprint density at radius 2 is 1.60 bits per heavy atom. The molecule has 8 heteroatoms. The third-order valence-corrected chi connectivity index (χ3v) is 4.64. The topological polar surface area (TPSA) is 127 Å². The first kappa shape index (κ1) is 26.8. The minimum atomic E-state index is -0.847. The number of benzene rings is 2. The molecule has 0 aliphatic rings. The Kier molecular flexibility index (Phi) is 8.15. The summed E-state index contributed by atoms with van der Waals surface area (Å²) in [5.74, 6) is -2.59. The first-order chi connectivity index (χ1) is 16.2. The Morgan fingerprint density at radius 1 is 0.943 bits per heavy atom. The second kappa shape index (κ2) is 10.6. The standard InChI is InChI=1S/C27H26O8/c1-15(2)25(32)34-18-8-10-22(30)20(12-18)21(29)9-7-17-11-24(35-26(33)27(4,5)6)19(13-23(17)31)16(3)14-28/h7-14,30-31H,1,3H2,2,4-6H3/b9-7+. The van der Waals surface area contributed by atoms with Crippen LogP contribution in [0, 0.1) is 5.41 Å². The highest BCUT2D eigenvalue weighted by Gasteiger charge is 2.25. The van der Waals surface area contributed by atoms with Gasteiger partial charge in [-0.3, -0.25) is 14.4 Å². The first-order valence-corrected chi connectivity index (χ1v) is 10.4. The maximum Gasteiger partial charge on any atom is 0.338 e. The zero-order valence-electron chi connectivity index (χ0n) is 19.9. The minimum Gasteiger partial charge on any atom is -0.507 e. The summed E-state index contributed by atoms with van der Waals surface area (Å²) in [5.41, 5.74) is -0.650. The Hall–Kier alpha value is -4.46. The number of phenolic OH excluding ortho intramolecular Hbond substituents is 2. The number of ether oxygens (including phenoxy) is 2. The molecule has 0 unspecified atom stereocenters. The molecule has 0 radical (unpaired) electrons. The monoisotopic (exact) mass is 478 g/mol. The maximum absolute atomic E-state index is 12.7. The van der Waals surface area contributed by atoms with Gasteiger partial charge in [0.2, 0.25) is 0 Å². The maximum atomic E-state index is 12.7. The van der Waals surface area contributed by atoms with Crippen LogP contribution in [0.1, 0.15) is 49.2 Å². The zero-order valence-corrected chi connectivity index (χ0v) is 19.9. The van der Waals surface area contributed by atoms with Gasteiger partial charge in [0.25, 0.3) is 0 Å². The van der Waals surface area contributed by atoms with Crippen LogP contribution in [0.15, 0.2) is 55.1 Å². The van der Waals surface area contributed by atoms with Crippen LogP contribution in [0.2, 0.25) is 0 Å². The largest absolute Gasteiger partial charge is 0.507 e. The fourth-order valence-electron chi connectivity index (χ4n) is 2.59. The van der Waals surface area contributed by atoms with Crippen molar-refractivity contribution in [1.82, 2.24) is 0 Å². The van der Waals surface area contributed by atoms with Crippen LogP contribution in [0.5, 0.6) is 23.0 Å². The molecule has 0 aliphatic heterocycles. The Balaban J connectivity index is 2.42. The lowest BCUT2D eigenvalue weighted by molar-refractivity contribution is -0.143. The zero-order chi connectivity index (χ0) is 26.5. The molecule has 0 fully saturated rings. The molecule has 0 atom stereocenters. The van der Waals surface area contributed by atoms with Crippen molar-refractivity contribution in [1.29, 1.82) is 0 Å². The van der Waals surface area contributed by atoms with E-state index in [9.17, 15) is 29.4 Å². The van der Waals surface area contributed by atoms with Crippen LogP contribution in [0.25, 0.3) is 11.6 Å². The number of carbonyl (C=O) groups excluding carboxylic acids is 4. The van der Waals surface area contributed by atoms with Crippen molar-refractivity contribution in [3.8, 4) is 23.0 Å². The molecule has 0 aromatic heterocycles. The number of carbonyl (C=O) groups is 4. The molecule has 0 aliphatic carbocycles. The average Bonchev–Trinajstić information content (AvgIpc) is 2.78. The fraction of sp³-hybridized carbons (Fsp3) is 0.185. The van der Waals surface area contributed by atoms with Gasteiger partial charge in [-0.15, -0.1) is 0 Å². The molecule has 2 aromatic carbocycles. The molecule has 2 rings (SSSR count). The highest BCUT2D eigenvalue weighted by atomic mass is 16.5. The first-order valence-electron chi connectivity index (χ1n) is 10.4. The summed E-state index contributed by atoms with van der Waals surface area (Å²) in [6.07, 6.45) is 2.77. The fourth-order valence-corrected chi connectivity index (χ4v) is 2.59. The van der Waals surface area contributed by atoms with E-state index in [4.69, 9.17) is 9.47 Å². The van der Waals surface area contributed by atoms with Gasteiger partial charge < -0.3 is 19.7 Å². The normalized spacial score (nSPS) is 11.1. The van der Waals surface area contributed by atoms with Crippen LogP contribution in [-0.4, -0.2) is 34.2 Å². The van der Waals surface area contributed by atoms with Gasteiger partial charge in [0.1, 0.15) is 29.3 Å². The number of hydrogen-bond acceptors (Lipinski definition) is 8. The van der Waals surface area contributed by atoms with Gasteiger partial charge in [-0.2, -0.15) is 0 Å². The molecule has 35 heavy (non-hydrogen) atoms. The smallest absolute Gasteiger partial charge is 0.338 e. The van der Waals surface area contributed by atoms with Crippen LogP contribution < -0.4 is 9.47 Å². The summed E-state index contributed by atoms with van der Waals surface area (Å²) in [7, 11) is 0. The summed E-state index contributed by atoms with van der Waals surface area (Å²) in [6, 6.07) is 6.19. The van der Waals surface area contributed by atoms with Gasteiger partial charge in [0.05, 0.1) is 11.0 Å². The molecule has 2 N–H and O–H groups in total. The Bertz CT molecular complexity index is 1260. The summed E-state index contributed by atoms with van der Waals surface area (Å²) in [5, 5.41) is 20.5. The molecular weight excluding hydrogens is 452 g/mol. The number of aromatic hydroxyl groups is 2. The molecule has 0 spiro atoms. The van der Waals surface area contributed by atoms with E-state index in [1.807, 2.05) is 0 Å². The second-order valence-electron chi connectivity index (χ2n) is 8.74. The SMILES string of the molecule is C=C(C)C(=O)Oc1ccc(O)c(C(=O)/C=C/c2cc(OC(=O)C(C)(C)C)c(C(=C)C=O)cc2O)c1. The van der Waals surface area contributed by atoms with Gasteiger partial charge in [-0.1, -0.05) is 13.2 Å². The van der Waals surface area contributed by atoms with E-state index in [-0.39, 0.29) is 50.8 Å². The molecule has 0 heterocycles. The van der Waals surface area contributed by atoms with Crippen molar-refractivity contribution >= 4 is 35.7 Å². The van der Waals surface area contributed by atoms with Crippen LogP contribution in [0.3, 0.4) is 0 Å². The van der Waals surface area contributed by atoms with Gasteiger partial charge >= 0.3 is 11.9 Å². The van der Waals surface area contributed by atoms with Crippen molar-refractivity contribution in [2.75, 3.05) is 0 Å². The quantitative estimate of drug-likeness (QED) is 0.185. The Morgan fingerprint density at radius 3 is 2.17 bits per heavy atom. The van der Waals surface area contributed by atoms with Gasteiger partial charge in [-0.05, 0) is 70.2 Å². The van der Waals surface area contributed by atoms with Crippen molar-refractivity contribution in [2.45, 2.75) is 27.7 Å². The Labute approximate surface area is 202 Å². The number of hydrogen-bond donors (Lipinski definition) is 2. The summed E-state index contributed by atoms with van der Waals surface area (Å²) in [4.78, 5) is 48.0. The van der Waals surface area contributed by atoms with Gasteiger partial charge in [0, 0.05) is 22.3 Å². The van der Waals surface area contributed by atoms with Crippen molar-refractivity contribution in [3.05, 3.63) is 71.8 Å². The summed E-state index contributed by atoms with van der Waals surface area (Å²) in [6.45, 7) is 13.5. The van der Waals surface area contributed by atoms with E-state index >= 15 is 0 Å². The lowest BCUT2D eigenvalue weighted by Crippen LogP contribution is -2.26. The number of aldehydes is 1. The molecule has 0 saturated heterocycles.